The van der Waals surface area contributed by atoms with Gasteiger partial charge < -0.3 is 11.1 Å². The van der Waals surface area contributed by atoms with E-state index in [1.165, 1.54) is 96.3 Å². The van der Waals surface area contributed by atoms with Crippen LogP contribution in [0.15, 0.2) is 36.4 Å². The first-order chi connectivity index (χ1) is 13.8. The van der Waals surface area contributed by atoms with Gasteiger partial charge >= 0.3 is 6.03 Å². The van der Waals surface area contributed by atoms with E-state index in [1.54, 1.807) is 0 Å². The molecule has 2 amide bonds. The van der Waals surface area contributed by atoms with Gasteiger partial charge in [-0.15, -0.1) is 0 Å². The van der Waals surface area contributed by atoms with Crippen molar-refractivity contribution in [1.82, 2.24) is 5.32 Å². The summed E-state index contributed by atoms with van der Waals surface area (Å²) < 4.78 is 0. The summed E-state index contributed by atoms with van der Waals surface area (Å²) >= 11 is 0. The second kappa shape index (κ2) is 23.5. The van der Waals surface area contributed by atoms with Crippen molar-refractivity contribution in [2.45, 2.75) is 110 Å². The molecule has 3 heteroatoms. The van der Waals surface area contributed by atoms with E-state index in [1.807, 2.05) is 36.4 Å². The van der Waals surface area contributed by atoms with Crippen LogP contribution < -0.4 is 11.1 Å². The van der Waals surface area contributed by atoms with Crippen molar-refractivity contribution in [2.75, 3.05) is 6.54 Å². The highest BCUT2D eigenvalue weighted by Gasteiger charge is 1.95. The quantitative estimate of drug-likeness (QED) is 0.264. The highest BCUT2D eigenvalue weighted by atomic mass is 16.2. The summed E-state index contributed by atoms with van der Waals surface area (Å²) in [5.41, 5.74) is 5.01. The molecule has 0 spiro atoms. The Balaban J connectivity index is 0.00000102. The maximum Gasteiger partial charge on any atom is 0.312 e. The molecular weight excluding hydrogens is 344 g/mol. The van der Waals surface area contributed by atoms with Gasteiger partial charge in [0, 0.05) is 6.54 Å². The van der Waals surface area contributed by atoms with Crippen LogP contribution in [0.5, 0.6) is 0 Å². The molecule has 0 saturated heterocycles. The Morgan fingerprint density at radius 2 is 0.857 bits per heavy atom. The number of hydrogen-bond donors (Lipinski definition) is 2. The van der Waals surface area contributed by atoms with Crippen molar-refractivity contribution in [3.8, 4) is 0 Å². The highest BCUT2D eigenvalue weighted by Crippen LogP contribution is 2.13. The van der Waals surface area contributed by atoms with E-state index in [-0.39, 0.29) is 0 Å². The first kappa shape index (κ1) is 26.5. The normalized spacial score (nSPS) is 10.2. The van der Waals surface area contributed by atoms with Crippen LogP contribution in [0.4, 0.5) is 4.79 Å². The van der Waals surface area contributed by atoms with Crippen LogP contribution >= 0.6 is 0 Å². The first-order valence-electron chi connectivity index (χ1n) is 11.8. The molecule has 0 aliphatic carbocycles. The first-order valence-corrected chi connectivity index (χ1v) is 11.8. The molecule has 3 nitrogen and oxygen atoms in total. The van der Waals surface area contributed by atoms with Gasteiger partial charge in [0.25, 0.3) is 0 Å². The zero-order chi connectivity index (χ0) is 20.5. The van der Waals surface area contributed by atoms with Crippen molar-refractivity contribution in [3.05, 3.63) is 36.4 Å². The molecule has 0 heterocycles. The second-order valence-corrected chi connectivity index (χ2v) is 7.75. The summed E-state index contributed by atoms with van der Waals surface area (Å²) in [5.74, 6) is 0. The molecule has 1 aromatic carbocycles. The maximum atomic E-state index is 10.5. The van der Waals surface area contributed by atoms with Gasteiger partial charge in [-0.2, -0.15) is 0 Å². The van der Waals surface area contributed by atoms with E-state index in [9.17, 15) is 4.79 Å². The maximum absolute atomic E-state index is 10.5. The molecule has 0 aliphatic rings. The Kier molecular flexibility index (Phi) is 22.3. The van der Waals surface area contributed by atoms with E-state index < -0.39 is 6.03 Å². The van der Waals surface area contributed by atoms with Crippen LogP contribution in [0.1, 0.15) is 110 Å². The van der Waals surface area contributed by atoms with Crippen LogP contribution in [-0.4, -0.2) is 12.6 Å². The van der Waals surface area contributed by atoms with Crippen LogP contribution in [0, 0.1) is 0 Å². The standard InChI is InChI=1S/C19H40N2O.C6H6/c1-2-3-4-5-6-7-8-9-10-11-12-13-14-15-16-17-18-21-19(20)22;1-2-4-6-5-3-1/h2-18H2,1H3,(H3,20,21,22);1-6H. The number of nitrogens with one attached hydrogen (secondary N) is 1. The second-order valence-electron chi connectivity index (χ2n) is 7.75. The van der Waals surface area contributed by atoms with Gasteiger partial charge in [0.05, 0.1) is 0 Å². The molecule has 0 fully saturated rings. The molecular formula is C25H46N2O. The van der Waals surface area contributed by atoms with Gasteiger partial charge in [0.1, 0.15) is 0 Å². The summed E-state index contributed by atoms with van der Waals surface area (Å²) in [6.07, 6.45) is 21.9. The zero-order valence-corrected chi connectivity index (χ0v) is 18.5. The van der Waals surface area contributed by atoms with Gasteiger partial charge in [-0.1, -0.05) is 140 Å². The molecule has 0 unspecified atom stereocenters. The number of unbranched alkanes of at least 4 members (excludes halogenated alkanes) is 15. The third-order valence-electron chi connectivity index (χ3n) is 5.00. The Morgan fingerprint density at radius 1 is 0.571 bits per heavy atom. The summed E-state index contributed by atoms with van der Waals surface area (Å²) in [6, 6.07) is 11.6. The SMILES string of the molecule is CCCCCCCCCCCCCCCCCCNC(N)=O.c1ccccc1. The number of primary amides is 1. The van der Waals surface area contributed by atoms with Crippen LogP contribution in [-0.2, 0) is 0 Å². The van der Waals surface area contributed by atoms with E-state index >= 15 is 0 Å². The molecule has 0 saturated carbocycles. The van der Waals surface area contributed by atoms with Crippen LogP contribution in [0.25, 0.3) is 0 Å². The molecule has 0 aliphatic heterocycles. The lowest BCUT2D eigenvalue weighted by atomic mass is 10.0. The number of rotatable bonds is 17. The molecule has 0 bridgehead atoms. The van der Waals surface area contributed by atoms with Gasteiger partial charge in [-0.3, -0.25) is 0 Å². The van der Waals surface area contributed by atoms with E-state index in [2.05, 4.69) is 12.2 Å². The van der Waals surface area contributed by atoms with E-state index in [4.69, 9.17) is 5.73 Å². The number of carbonyl (C=O) groups is 1. The number of amides is 2. The lowest BCUT2D eigenvalue weighted by molar-refractivity contribution is 0.248. The van der Waals surface area contributed by atoms with Gasteiger partial charge in [-0.25, -0.2) is 4.79 Å². The minimum Gasteiger partial charge on any atom is -0.352 e. The lowest BCUT2D eigenvalue weighted by Crippen LogP contribution is -2.29. The summed E-state index contributed by atoms with van der Waals surface area (Å²) in [6.45, 7) is 3.01. The molecule has 0 atom stereocenters. The summed E-state index contributed by atoms with van der Waals surface area (Å²) in [4.78, 5) is 10.5. The fourth-order valence-electron chi connectivity index (χ4n) is 3.27. The van der Waals surface area contributed by atoms with Crippen molar-refractivity contribution >= 4 is 6.03 Å². The predicted molar refractivity (Wildman–Crippen MR) is 124 cm³/mol. The van der Waals surface area contributed by atoms with Crippen molar-refractivity contribution in [2.24, 2.45) is 5.73 Å². The fourth-order valence-corrected chi connectivity index (χ4v) is 3.27. The fraction of sp³-hybridized carbons (Fsp3) is 0.720. The van der Waals surface area contributed by atoms with E-state index in [0.717, 1.165) is 13.0 Å². The minimum absolute atomic E-state index is 0.402. The third kappa shape index (κ3) is 24.5. The highest BCUT2D eigenvalue weighted by molar-refractivity contribution is 5.71. The van der Waals surface area contributed by atoms with Gasteiger partial charge in [0.15, 0.2) is 0 Å². The largest absolute Gasteiger partial charge is 0.352 e. The Bertz CT molecular complexity index is 382. The molecule has 1 rings (SSSR count). The van der Waals surface area contributed by atoms with Crippen molar-refractivity contribution in [3.63, 3.8) is 0 Å². The molecule has 28 heavy (non-hydrogen) atoms. The van der Waals surface area contributed by atoms with Crippen molar-refractivity contribution < 1.29 is 4.79 Å². The smallest absolute Gasteiger partial charge is 0.312 e. The van der Waals surface area contributed by atoms with Gasteiger partial charge in [-0.05, 0) is 6.42 Å². The predicted octanol–water partition coefficient (Wildman–Crippen LogP) is 7.60. The molecule has 0 aromatic heterocycles. The minimum atomic E-state index is -0.402. The monoisotopic (exact) mass is 390 g/mol. The van der Waals surface area contributed by atoms with Crippen LogP contribution in [0.2, 0.25) is 0 Å². The lowest BCUT2D eigenvalue weighted by Gasteiger charge is -2.04. The molecule has 0 radical (unpaired) electrons. The number of benzene rings is 1. The number of carbonyl (C=O) groups excluding carboxylic acids is 1. The number of nitrogens with two attached hydrogens (primary N) is 1. The molecule has 162 valence electrons. The number of urea groups is 1. The van der Waals surface area contributed by atoms with Crippen LogP contribution in [0.3, 0.4) is 0 Å². The zero-order valence-electron chi connectivity index (χ0n) is 18.5. The molecule has 1 aromatic rings. The number of hydrogen-bond acceptors (Lipinski definition) is 1. The van der Waals surface area contributed by atoms with Crippen molar-refractivity contribution in [1.29, 1.82) is 0 Å². The average molecular weight is 391 g/mol. The Morgan fingerprint density at radius 3 is 1.14 bits per heavy atom. The average Bonchev–Trinajstić information content (AvgIpc) is 2.72. The van der Waals surface area contributed by atoms with E-state index in [0.29, 0.717) is 0 Å². The Labute approximate surface area is 174 Å². The summed E-state index contributed by atoms with van der Waals surface area (Å²) in [5, 5.41) is 2.63. The Hall–Kier alpha value is -1.51. The molecule has 3 N–H and O–H groups in total. The van der Waals surface area contributed by atoms with Gasteiger partial charge in [0.2, 0.25) is 0 Å². The summed E-state index contributed by atoms with van der Waals surface area (Å²) in [7, 11) is 0. The topological polar surface area (TPSA) is 55.1 Å². The third-order valence-corrected chi connectivity index (χ3v) is 5.00.